The first-order valence-corrected chi connectivity index (χ1v) is 13.9. The molecule has 8 nitrogen and oxygen atoms in total. The molecule has 0 spiro atoms. The Bertz CT molecular complexity index is 1550. The third-order valence-corrected chi connectivity index (χ3v) is 7.79. The number of hydroxylamine groups is 1. The zero-order valence-electron chi connectivity index (χ0n) is 23.6. The Labute approximate surface area is 240 Å². The summed E-state index contributed by atoms with van der Waals surface area (Å²) in [5, 5.41) is 10.3. The van der Waals surface area contributed by atoms with Gasteiger partial charge in [0.1, 0.15) is 23.9 Å². The van der Waals surface area contributed by atoms with Crippen LogP contribution in [0.4, 0.5) is 0 Å². The maximum absolute atomic E-state index is 13.5. The van der Waals surface area contributed by atoms with Crippen molar-refractivity contribution in [1.29, 1.82) is 0 Å². The molecule has 2 unspecified atom stereocenters. The van der Waals surface area contributed by atoms with Gasteiger partial charge in [0, 0.05) is 23.1 Å². The molecule has 2 atom stereocenters. The van der Waals surface area contributed by atoms with Crippen molar-refractivity contribution in [3.63, 3.8) is 0 Å². The van der Waals surface area contributed by atoms with Crippen LogP contribution in [0, 0.1) is 12.8 Å². The van der Waals surface area contributed by atoms with Gasteiger partial charge in [0.15, 0.2) is 0 Å². The molecule has 3 aromatic carbocycles. The lowest BCUT2D eigenvalue weighted by Crippen LogP contribution is -2.52. The van der Waals surface area contributed by atoms with Gasteiger partial charge in [-0.1, -0.05) is 74.0 Å². The summed E-state index contributed by atoms with van der Waals surface area (Å²) in [5.74, 6) is -0.129. The molecule has 0 aliphatic carbocycles. The molecule has 41 heavy (non-hydrogen) atoms. The van der Waals surface area contributed by atoms with Crippen molar-refractivity contribution >= 4 is 22.7 Å². The van der Waals surface area contributed by atoms with E-state index in [1.54, 1.807) is 5.48 Å². The monoisotopic (exact) mass is 552 g/mol. The number of hydrogen-bond acceptors (Lipinski definition) is 6. The number of carbonyl (C=O) groups is 2. The maximum Gasteiger partial charge on any atom is 0.266 e. The number of carbonyl (C=O) groups excluding carboxylic acids is 2. The molecule has 1 aliphatic heterocycles. The summed E-state index contributed by atoms with van der Waals surface area (Å²) in [6.07, 6.45) is 0.792. The van der Waals surface area contributed by atoms with Gasteiger partial charge in [-0.15, -0.1) is 0 Å². The summed E-state index contributed by atoms with van der Waals surface area (Å²) < 4.78 is 6.19. The minimum atomic E-state index is -1.26. The molecular formula is C33H36N4O4. The predicted octanol–water partition coefficient (Wildman–Crippen LogP) is 5.10. The van der Waals surface area contributed by atoms with Gasteiger partial charge < -0.3 is 15.4 Å². The Hall–Kier alpha value is -4.27. The van der Waals surface area contributed by atoms with Crippen molar-refractivity contribution in [2.24, 2.45) is 11.7 Å². The number of benzene rings is 3. The highest BCUT2D eigenvalue weighted by molar-refractivity contribution is 5.94. The van der Waals surface area contributed by atoms with Crippen molar-refractivity contribution in [3.8, 4) is 17.0 Å². The fraction of sp³-hybridized carbons (Fsp3) is 0.303. The second kappa shape index (κ2) is 11.7. The van der Waals surface area contributed by atoms with Crippen molar-refractivity contribution < 1.29 is 19.5 Å². The number of hydrogen-bond donors (Lipinski definition) is 3. The number of nitrogens with one attached hydrogen (secondary N) is 1. The second-order valence-corrected chi connectivity index (χ2v) is 11.2. The fourth-order valence-electron chi connectivity index (χ4n) is 5.47. The summed E-state index contributed by atoms with van der Waals surface area (Å²) in [7, 11) is 0. The number of likely N-dealkylation sites (tertiary alicyclic amines) is 1. The number of ether oxygens (including phenoxy) is 1. The maximum atomic E-state index is 13.5. The van der Waals surface area contributed by atoms with Gasteiger partial charge in [-0.3, -0.25) is 14.8 Å². The zero-order valence-corrected chi connectivity index (χ0v) is 23.6. The van der Waals surface area contributed by atoms with Gasteiger partial charge in [0.05, 0.1) is 11.2 Å². The number of aromatic nitrogens is 1. The van der Waals surface area contributed by atoms with E-state index < -0.39 is 17.5 Å². The van der Waals surface area contributed by atoms with Crippen molar-refractivity contribution in [2.45, 2.75) is 51.8 Å². The first kappa shape index (κ1) is 28.3. The van der Waals surface area contributed by atoms with Crippen molar-refractivity contribution in [3.05, 3.63) is 95.6 Å². The van der Waals surface area contributed by atoms with Crippen LogP contribution < -0.4 is 16.0 Å². The molecule has 0 bridgehead atoms. The highest BCUT2D eigenvalue weighted by Crippen LogP contribution is 2.34. The Balaban J connectivity index is 1.34. The molecule has 2 heterocycles. The van der Waals surface area contributed by atoms with E-state index >= 15 is 0 Å². The van der Waals surface area contributed by atoms with Crippen LogP contribution in [0.1, 0.15) is 43.4 Å². The predicted molar refractivity (Wildman–Crippen MR) is 158 cm³/mol. The second-order valence-electron chi connectivity index (χ2n) is 11.2. The Morgan fingerprint density at radius 1 is 1.10 bits per heavy atom. The van der Waals surface area contributed by atoms with Gasteiger partial charge in [-0.2, -0.15) is 0 Å². The van der Waals surface area contributed by atoms with E-state index in [0.29, 0.717) is 37.3 Å². The van der Waals surface area contributed by atoms with Crippen LogP contribution in [-0.2, 0) is 21.7 Å². The lowest BCUT2D eigenvalue weighted by Gasteiger charge is -2.30. The number of para-hydroxylation sites is 1. The standard InChI is InChI=1S/C33H36N4O4/c1-21(2)18-30(31(38)36-40)37-17-16-33(34,32(37)39)25-12-14-26(15-13-25)41-20-24-19-29(23-10-8-22(3)9-11-23)35-28-7-5-4-6-27(24)28/h4-15,19,21,30,40H,16-18,20,34H2,1-3H3,(H,36,38). The third kappa shape index (κ3) is 5.80. The van der Waals surface area contributed by atoms with Crippen molar-refractivity contribution in [1.82, 2.24) is 15.4 Å². The summed E-state index contributed by atoms with van der Waals surface area (Å²) in [4.78, 5) is 32.2. The summed E-state index contributed by atoms with van der Waals surface area (Å²) >= 11 is 0. The largest absolute Gasteiger partial charge is 0.489 e. The lowest BCUT2D eigenvalue weighted by atomic mass is 9.89. The van der Waals surface area contributed by atoms with Gasteiger partial charge in [-0.05, 0) is 55.5 Å². The molecule has 4 aromatic rings. The highest BCUT2D eigenvalue weighted by atomic mass is 16.5. The molecule has 5 rings (SSSR count). The number of nitrogens with zero attached hydrogens (tertiary/aromatic N) is 2. The molecule has 8 heteroatoms. The van der Waals surface area contributed by atoms with E-state index in [-0.39, 0.29) is 11.8 Å². The van der Waals surface area contributed by atoms with E-state index in [2.05, 4.69) is 37.3 Å². The zero-order chi connectivity index (χ0) is 29.1. The minimum absolute atomic E-state index is 0.153. The number of fused-ring (bicyclic) bond motifs is 1. The van der Waals surface area contributed by atoms with Crippen molar-refractivity contribution in [2.75, 3.05) is 6.54 Å². The van der Waals surface area contributed by atoms with Gasteiger partial charge in [0.2, 0.25) is 5.91 Å². The van der Waals surface area contributed by atoms with Gasteiger partial charge >= 0.3 is 0 Å². The summed E-state index contributed by atoms with van der Waals surface area (Å²) in [5.41, 5.74) is 12.8. The van der Waals surface area contributed by atoms with Crippen LogP contribution in [0.25, 0.3) is 22.2 Å². The van der Waals surface area contributed by atoms with Crippen LogP contribution in [0.15, 0.2) is 78.9 Å². The van der Waals surface area contributed by atoms with E-state index in [0.717, 1.165) is 27.7 Å². The Morgan fingerprint density at radius 3 is 2.49 bits per heavy atom. The molecule has 1 fully saturated rings. The third-order valence-electron chi connectivity index (χ3n) is 7.79. The van der Waals surface area contributed by atoms with E-state index in [1.165, 1.54) is 10.5 Å². The first-order chi connectivity index (χ1) is 19.7. The average molecular weight is 553 g/mol. The molecule has 0 saturated carbocycles. The van der Waals surface area contributed by atoms with Crippen LogP contribution in [0.5, 0.6) is 5.75 Å². The normalized spacial score (nSPS) is 17.7. The molecule has 1 aromatic heterocycles. The molecule has 212 valence electrons. The Morgan fingerprint density at radius 2 is 1.80 bits per heavy atom. The van der Waals surface area contributed by atoms with E-state index in [1.807, 2.05) is 62.4 Å². The molecule has 0 radical (unpaired) electrons. The number of aryl methyl sites for hydroxylation is 1. The Kier molecular flexibility index (Phi) is 8.06. The van der Waals surface area contributed by atoms with Crippen LogP contribution >= 0.6 is 0 Å². The molecule has 1 aliphatic rings. The summed E-state index contributed by atoms with van der Waals surface area (Å²) in [6, 6.07) is 24.9. The number of rotatable bonds is 9. The molecular weight excluding hydrogens is 516 g/mol. The number of pyridine rings is 1. The number of nitrogens with two attached hydrogens (primary N) is 1. The molecule has 4 N–H and O–H groups in total. The van der Waals surface area contributed by atoms with E-state index in [9.17, 15) is 14.8 Å². The van der Waals surface area contributed by atoms with Gasteiger partial charge in [-0.25, -0.2) is 10.5 Å². The smallest absolute Gasteiger partial charge is 0.266 e. The SMILES string of the molecule is Cc1ccc(-c2cc(COc3ccc(C4(N)CCN(C(CC(C)C)C(=O)NO)C4=O)cc3)c3ccccc3n2)cc1. The topological polar surface area (TPSA) is 118 Å². The minimum Gasteiger partial charge on any atom is -0.489 e. The van der Waals surface area contributed by atoms with Crippen LogP contribution in [0.2, 0.25) is 0 Å². The van der Waals surface area contributed by atoms with E-state index in [4.69, 9.17) is 15.5 Å². The first-order valence-electron chi connectivity index (χ1n) is 13.9. The quantitative estimate of drug-likeness (QED) is 0.197. The fourth-order valence-corrected chi connectivity index (χ4v) is 5.47. The highest BCUT2D eigenvalue weighted by Gasteiger charge is 2.48. The molecule has 2 amide bonds. The number of amides is 2. The average Bonchev–Trinajstić information content (AvgIpc) is 3.29. The van der Waals surface area contributed by atoms with Crippen LogP contribution in [0.3, 0.4) is 0 Å². The summed E-state index contributed by atoms with van der Waals surface area (Å²) in [6.45, 7) is 6.66. The van der Waals surface area contributed by atoms with Gasteiger partial charge in [0.25, 0.3) is 5.91 Å². The molecule has 1 saturated heterocycles. The van der Waals surface area contributed by atoms with Crippen LogP contribution in [-0.4, -0.2) is 39.5 Å². The lowest BCUT2D eigenvalue weighted by molar-refractivity contribution is -0.144.